The van der Waals surface area contributed by atoms with Gasteiger partial charge >= 0.3 is 35.5 Å². The number of carboxylic acid groups (broad SMARTS) is 1. The van der Waals surface area contributed by atoms with Crippen LogP contribution in [0.4, 0.5) is 0 Å². The molecular formula is C22H19N2NaO4S. The van der Waals surface area contributed by atoms with Gasteiger partial charge in [-0.25, -0.2) is 8.42 Å². The van der Waals surface area contributed by atoms with Crippen LogP contribution in [0.1, 0.15) is 11.1 Å². The van der Waals surface area contributed by atoms with Gasteiger partial charge in [0.2, 0.25) is 10.0 Å². The number of carboxylic acids is 1. The Morgan fingerprint density at radius 3 is 1.97 bits per heavy atom. The van der Waals surface area contributed by atoms with Crippen molar-refractivity contribution in [3.8, 4) is 17.2 Å². The Balaban J connectivity index is 0.00000320. The third-order valence-electron chi connectivity index (χ3n) is 4.39. The van der Waals surface area contributed by atoms with E-state index >= 15 is 0 Å². The molecule has 3 aromatic rings. The first-order valence-electron chi connectivity index (χ1n) is 8.79. The Labute approximate surface area is 197 Å². The number of hydrogen-bond acceptors (Lipinski definition) is 4. The summed E-state index contributed by atoms with van der Waals surface area (Å²) in [6, 6.07) is 22.7. The van der Waals surface area contributed by atoms with Crippen molar-refractivity contribution in [2.24, 2.45) is 0 Å². The van der Waals surface area contributed by atoms with Crippen molar-refractivity contribution in [1.82, 2.24) is 4.72 Å². The van der Waals surface area contributed by atoms with Gasteiger partial charge in [0.05, 0.1) is 16.5 Å². The Bertz CT molecular complexity index is 1140. The van der Waals surface area contributed by atoms with E-state index in [1.807, 2.05) is 6.07 Å². The quantitative estimate of drug-likeness (QED) is 0.560. The SMILES string of the molecule is N#Cc1ccc(-c2ccc(S(=O)(=O)N[C@H](Cc3ccccc3)C(=O)O)cc2)cc1.[NaH]. The van der Waals surface area contributed by atoms with Crippen LogP contribution in [-0.2, 0) is 21.2 Å². The van der Waals surface area contributed by atoms with Gasteiger partial charge in [0.1, 0.15) is 6.04 Å². The van der Waals surface area contributed by atoms with Gasteiger partial charge in [-0.3, -0.25) is 4.79 Å². The zero-order valence-electron chi connectivity index (χ0n) is 15.3. The molecule has 0 aliphatic rings. The van der Waals surface area contributed by atoms with Crippen molar-refractivity contribution in [2.75, 3.05) is 0 Å². The Morgan fingerprint density at radius 2 is 1.47 bits per heavy atom. The second-order valence-electron chi connectivity index (χ2n) is 6.42. The molecule has 0 bridgehead atoms. The van der Waals surface area contributed by atoms with E-state index in [1.54, 1.807) is 66.7 Å². The van der Waals surface area contributed by atoms with E-state index in [4.69, 9.17) is 5.26 Å². The van der Waals surface area contributed by atoms with Crippen molar-refractivity contribution >= 4 is 45.5 Å². The first-order chi connectivity index (χ1) is 13.9. The number of benzene rings is 3. The number of hydrogen-bond donors (Lipinski definition) is 2. The minimum atomic E-state index is -4.01. The number of nitrogens with zero attached hydrogens (tertiary/aromatic N) is 1. The third kappa shape index (κ3) is 6.02. The summed E-state index contributed by atoms with van der Waals surface area (Å²) in [5.74, 6) is -1.24. The van der Waals surface area contributed by atoms with Crippen LogP contribution in [0.5, 0.6) is 0 Å². The summed E-state index contributed by atoms with van der Waals surface area (Å²) in [7, 11) is -4.01. The molecule has 0 saturated heterocycles. The fraction of sp³-hybridized carbons (Fsp3) is 0.0909. The molecule has 0 saturated carbocycles. The van der Waals surface area contributed by atoms with Crippen LogP contribution in [0, 0.1) is 11.3 Å². The Kier molecular flexibility index (Phi) is 8.35. The van der Waals surface area contributed by atoms with Crippen LogP contribution >= 0.6 is 0 Å². The number of nitrogens with one attached hydrogen (secondary N) is 1. The van der Waals surface area contributed by atoms with Gasteiger partial charge < -0.3 is 5.11 Å². The number of aliphatic carboxylic acids is 1. The Hall–Kier alpha value is -2.47. The molecule has 0 fully saturated rings. The molecule has 6 nitrogen and oxygen atoms in total. The summed E-state index contributed by atoms with van der Waals surface area (Å²) in [6.07, 6.45) is 0.0404. The van der Waals surface area contributed by atoms with Crippen molar-refractivity contribution < 1.29 is 18.3 Å². The summed E-state index contributed by atoms with van der Waals surface area (Å²) in [5.41, 5.74) is 2.88. The average Bonchev–Trinajstić information content (AvgIpc) is 2.74. The zero-order valence-corrected chi connectivity index (χ0v) is 16.1. The molecule has 2 N–H and O–H groups in total. The molecule has 0 radical (unpaired) electrons. The van der Waals surface area contributed by atoms with Gasteiger partial charge in [0, 0.05) is 0 Å². The normalized spacial score (nSPS) is 11.7. The molecule has 0 unspecified atom stereocenters. The predicted octanol–water partition coefficient (Wildman–Crippen LogP) is 2.55. The van der Waals surface area contributed by atoms with Crippen molar-refractivity contribution in [2.45, 2.75) is 17.4 Å². The molecule has 0 aliphatic carbocycles. The molecule has 0 aromatic heterocycles. The van der Waals surface area contributed by atoms with Crippen molar-refractivity contribution in [3.63, 3.8) is 0 Å². The number of nitriles is 1. The van der Waals surface area contributed by atoms with Crippen LogP contribution < -0.4 is 4.72 Å². The van der Waals surface area contributed by atoms with Crippen LogP contribution in [-0.4, -0.2) is 55.1 Å². The van der Waals surface area contributed by atoms with Crippen LogP contribution in [0.15, 0.2) is 83.8 Å². The fourth-order valence-electron chi connectivity index (χ4n) is 2.85. The molecular weight excluding hydrogens is 411 g/mol. The maximum atomic E-state index is 12.7. The van der Waals surface area contributed by atoms with Gasteiger partial charge in [-0.2, -0.15) is 9.98 Å². The molecule has 148 valence electrons. The van der Waals surface area contributed by atoms with Gasteiger partial charge in [-0.1, -0.05) is 54.6 Å². The zero-order chi connectivity index (χ0) is 20.9. The average molecular weight is 430 g/mol. The molecule has 0 spiro atoms. The van der Waals surface area contributed by atoms with Gasteiger partial charge in [-0.15, -0.1) is 0 Å². The number of sulfonamides is 1. The summed E-state index contributed by atoms with van der Waals surface area (Å²) in [4.78, 5) is 11.5. The van der Waals surface area contributed by atoms with E-state index in [1.165, 1.54) is 12.1 Å². The molecule has 30 heavy (non-hydrogen) atoms. The van der Waals surface area contributed by atoms with E-state index in [9.17, 15) is 18.3 Å². The molecule has 3 aromatic carbocycles. The monoisotopic (exact) mass is 430 g/mol. The van der Waals surface area contributed by atoms with E-state index < -0.39 is 22.0 Å². The molecule has 0 heterocycles. The van der Waals surface area contributed by atoms with E-state index in [0.717, 1.165) is 16.7 Å². The van der Waals surface area contributed by atoms with E-state index in [2.05, 4.69) is 4.72 Å². The van der Waals surface area contributed by atoms with Gasteiger partial charge in [-0.05, 0) is 47.4 Å². The maximum absolute atomic E-state index is 12.7. The summed E-state index contributed by atoms with van der Waals surface area (Å²) >= 11 is 0. The summed E-state index contributed by atoms with van der Waals surface area (Å²) < 4.78 is 27.6. The predicted molar refractivity (Wildman–Crippen MR) is 116 cm³/mol. The third-order valence-corrected chi connectivity index (χ3v) is 5.88. The summed E-state index contributed by atoms with van der Waals surface area (Å²) in [6.45, 7) is 0. The molecule has 0 amide bonds. The van der Waals surface area contributed by atoms with Crippen LogP contribution in [0.25, 0.3) is 11.1 Å². The second-order valence-corrected chi connectivity index (χ2v) is 8.13. The van der Waals surface area contributed by atoms with Crippen LogP contribution in [0.3, 0.4) is 0 Å². The molecule has 0 aliphatic heterocycles. The molecule has 3 rings (SSSR count). The summed E-state index contributed by atoms with van der Waals surface area (Å²) in [5, 5.41) is 18.3. The fourth-order valence-corrected chi connectivity index (χ4v) is 4.04. The standard InChI is InChI=1S/C22H18N2O4S.Na.H/c23-15-17-6-8-18(9-7-17)19-10-12-20(13-11-19)29(27,28)24-21(22(25)26)14-16-4-2-1-3-5-16;;/h1-13,21,24H,14H2,(H,25,26);;/t21-;;/m1../s1. The minimum absolute atomic E-state index is 0. The number of rotatable bonds is 7. The first kappa shape index (κ1) is 23.8. The topological polar surface area (TPSA) is 107 Å². The van der Waals surface area contributed by atoms with Crippen molar-refractivity contribution in [3.05, 3.63) is 90.0 Å². The first-order valence-corrected chi connectivity index (χ1v) is 10.3. The van der Waals surface area contributed by atoms with Crippen molar-refractivity contribution in [1.29, 1.82) is 5.26 Å². The molecule has 1 atom stereocenters. The van der Waals surface area contributed by atoms with Crippen LogP contribution in [0.2, 0.25) is 0 Å². The molecule has 8 heteroatoms. The van der Waals surface area contributed by atoms with Gasteiger partial charge in [0.25, 0.3) is 0 Å². The Morgan fingerprint density at radius 1 is 0.933 bits per heavy atom. The van der Waals surface area contributed by atoms with E-state index in [-0.39, 0.29) is 40.9 Å². The van der Waals surface area contributed by atoms with Gasteiger partial charge in [0.15, 0.2) is 0 Å². The second kappa shape index (κ2) is 10.5. The van der Waals surface area contributed by atoms with E-state index in [0.29, 0.717) is 5.56 Å². The number of carbonyl (C=O) groups is 1.